The fourth-order valence-electron chi connectivity index (χ4n) is 5.33. The third-order valence-corrected chi connectivity index (χ3v) is 7.14. The lowest BCUT2D eigenvalue weighted by molar-refractivity contribution is 0.0724. The highest BCUT2D eigenvalue weighted by Crippen LogP contribution is 2.50. The third kappa shape index (κ3) is 3.68. The molecule has 3 aromatic rings. The zero-order chi connectivity index (χ0) is 23.9. The number of methoxy groups -OCH3 is 1. The number of likely N-dealkylation sites (tertiary alicyclic amines) is 1. The van der Waals surface area contributed by atoms with Gasteiger partial charge in [-0.05, 0) is 79.1 Å². The Balaban J connectivity index is 1.36. The number of tetrazole rings is 1. The normalized spacial score (nSPS) is 19.5. The monoisotopic (exact) mass is 476 g/mol. The molecular formula is C25H28N6O4. The van der Waals surface area contributed by atoms with Crippen LogP contribution in [0.3, 0.4) is 0 Å². The predicted molar refractivity (Wildman–Crippen MR) is 126 cm³/mol. The third-order valence-electron chi connectivity index (χ3n) is 7.14. The van der Waals surface area contributed by atoms with Crippen LogP contribution in [0.5, 0.6) is 17.2 Å². The van der Waals surface area contributed by atoms with Crippen LogP contribution in [-0.2, 0) is 6.42 Å². The first-order valence-electron chi connectivity index (χ1n) is 12.0. The van der Waals surface area contributed by atoms with Gasteiger partial charge in [-0.25, -0.2) is 0 Å². The standard InChI is InChI=1S/C25H28N6O4/c1-29-13-10-17-14-19-22(35-15-34-19)23(33-2)20(17)21(29)24-26-27-28-31(24)18-8-6-16(7-9-18)25(32)30-11-4-3-5-12-30/h6-9,14,21H,3-5,10-13,15H2,1-2H3. The highest BCUT2D eigenvalue weighted by molar-refractivity contribution is 5.94. The molecule has 1 unspecified atom stereocenters. The number of aromatic nitrogens is 4. The zero-order valence-corrected chi connectivity index (χ0v) is 19.9. The number of piperidine rings is 1. The number of carbonyl (C=O) groups is 1. The van der Waals surface area contributed by atoms with Crippen LogP contribution >= 0.6 is 0 Å². The maximum absolute atomic E-state index is 12.9. The Morgan fingerprint density at radius 2 is 1.89 bits per heavy atom. The number of rotatable bonds is 4. The van der Waals surface area contributed by atoms with E-state index in [1.165, 1.54) is 6.42 Å². The van der Waals surface area contributed by atoms with Crippen molar-refractivity contribution in [2.24, 2.45) is 0 Å². The van der Waals surface area contributed by atoms with E-state index >= 15 is 0 Å². The second-order valence-corrected chi connectivity index (χ2v) is 9.20. The first-order chi connectivity index (χ1) is 17.2. The lowest BCUT2D eigenvalue weighted by Gasteiger charge is -2.34. The summed E-state index contributed by atoms with van der Waals surface area (Å²) in [7, 11) is 3.70. The number of likely N-dealkylation sites (N-methyl/N-ethyl adjacent to an activating group) is 1. The molecule has 3 aliphatic rings. The number of benzene rings is 2. The number of hydrogen-bond donors (Lipinski definition) is 0. The van der Waals surface area contributed by atoms with Gasteiger partial charge in [0.25, 0.3) is 5.91 Å². The van der Waals surface area contributed by atoms with Crippen molar-refractivity contribution in [3.63, 3.8) is 0 Å². The fourth-order valence-corrected chi connectivity index (χ4v) is 5.33. The molecule has 1 fully saturated rings. The molecule has 3 aliphatic heterocycles. The van der Waals surface area contributed by atoms with Crippen molar-refractivity contribution in [3.05, 3.63) is 52.8 Å². The Morgan fingerprint density at radius 1 is 1.09 bits per heavy atom. The number of ether oxygens (including phenoxy) is 3. The van der Waals surface area contributed by atoms with Crippen molar-refractivity contribution in [2.75, 3.05) is 40.6 Å². The number of fused-ring (bicyclic) bond motifs is 2. The molecule has 0 N–H and O–H groups in total. The van der Waals surface area contributed by atoms with Crippen molar-refractivity contribution >= 4 is 5.91 Å². The molecule has 6 rings (SSSR count). The second kappa shape index (κ2) is 8.84. The summed E-state index contributed by atoms with van der Waals surface area (Å²) in [5.41, 5.74) is 3.59. The Kier molecular flexibility index (Phi) is 5.52. The van der Waals surface area contributed by atoms with Gasteiger partial charge in [-0.3, -0.25) is 9.69 Å². The van der Waals surface area contributed by atoms with Gasteiger partial charge in [0.2, 0.25) is 12.5 Å². The first-order valence-corrected chi connectivity index (χ1v) is 12.0. The quantitative estimate of drug-likeness (QED) is 0.567. The average molecular weight is 477 g/mol. The molecule has 1 atom stereocenters. The summed E-state index contributed by atoms with van der Waals surface area (Å²) < 4.78 is 18.9. The summed E-state index contributed by atoms with van der Waals surface area (Å²) in [5, 5.41) is 12.7. The largest absolute Gasteiger partial charge is 0.492 e. The van der Waals surface area contributed by atoms with Crippen molar-refractivity contribution in [2.45, 2.75) is 31.7 Å². The Morgan fingerprint density at radius 3 is 2.66 bits per heavy atom. The molecule has 0 spiro atoms. The lowest BCUT2D eigenvalue weighted by atomic mass is 9.90. The van der Waals surface area contributed by atoms with Crippen LogP contribution in [0.25, 0.3) is 5.69 Å². The van der Waals surface area contributed by atoms with Gasteiger partial charge in [-0.1, -0.05) is 0 Å². The van der Waals surface area contributed by atoms with E-state index in [4.69, 9.17) is 14.2 Å². The number of carbonyl (C=O) groups excluding carboxylic acids is 1. The minimum atomic E-state index is -0.243. The van der Waals surface area contributed by atoms with Gasteiger partial charge < -0.3 is 19.1 Å². The van der Waals surface area contributed by atoms with Crippen LogP contribution in [0.1, 0.15) is 52.6 Å². The number of nitrogens with zero attached hydrogens (tertiary/aromatic N) is 6. The zero-order valence-electron chi connectivity index (χ0n) is 19.9. The van der Waals surface area contributed by atoms with E-state index in [1.54, 1.807) is 11.8 Å². The molecule has 1 aromatic heterocycles. The van der Waals surface area contributed by atoms with E-state index in [2.05, 4.69) is 27.5 Å². The van der Waals surface area contributed by atoms with Crippen molar-refractivity contribution in [1.29, 1.82) is 0 Å². The van der Waals surface area contributed by atoms with E-state index in [1.807, 2.05) is 35.2 Å². The van der Waals surface area contributed by atoms with Gasteiger partial charge in [0, 0.05) is 30.8 Å². The van der Waals surface area contributed by atoms with E-state index in [-0.39, 0.29) is 18.7 Å². The SMILES string of the molecule is COc1c2c(cc3c1C(c1nnnn1-c1ccc(C(=O)N4CCCCC4)cc1)N(C)CC3)OCO2. The molecule has 2 aromatic carbocycles. The molecule has 10 nitrogen and oxygen atoms in total. The summed E-state index contributed by atoms with van der Waals surface area (Å²) in [6.07, 6.45) is 4.18. The predicted octanol–water partition coefficient (Wildman–Crippen LogP) is 2.60. The van der Waals surface area contributed by atoms with E-state index in [0.29, 0.717) is 28.6 Å². The van der Waals surface area contributed by atoms with Crippen LogP contribution in [0.2, 0.25) is 0 Å². The van der Waals surface area contributed by atoms with Crippen LogP contribution in [0.15, 0.2) is 30.3 Å². The van der Waals surface area contributed by atoms with Gasteiger partial charge in [0.15, 0.2) is 17.3 Å². The smallest absolute Gasteiger partial charge is 0.253 e. The van der Waals surface area contributed by atoms with E-state index in [0.717, 1.165) is 55.7 Å². The Hall–Kier alpha value is -3.66. The fraction of sp³-hybridized carbons (Fsp3) is 0.440. The maximum Gasteiger partial charge on any atom is 0.253 e. The molecule has 10 heteroatoms. The molecule has 4 heterocycles. The summed E-state index contributed by atoms with van der Waals surface area (Å²) >= 11 is 0. The molecule has 0 saturated carbocycles. The summed E-state index contributed by atoms with van der Waals surface area (Å²) in [6, 6.07) is 9.31. The topological polar surface area (TPSA) is 94.8 Å². The second-order valence-electron chi connectivity index (χ2n) is 9.20. The van der Waals surface area contributed by atoms with Gasteiger partial charge in [-0.2, -0.15) is 4.68 Å². The first kappa shape index (κ1) is 21.8. The molecular weight excluding hydrogens is 448 g/mol. The highest BCUT2D eigenvalue weighted by Gasteiger charge is 2.37. The minimum absolute atomic E-state index is 0.0786. The Labute approximate surface area is 203 Å². The summed E-state index contributed by atoms with van der Waals surface area (Å²) in [5.74, 6) is 2.72. The number of amides is 1. The summed E-state index contributed by atoms with van der Waals surface area (Å²) in [6.45, 7) is 2.66. The van der Waals surface area contributed by atoms with E-state index in [9.17, 15) is 4.79 Å². The maximum atomic E-state index is 12.9. The average Bonchev–Trinajstić information content (AvgIpc) is 3.57. The van der Waals surface area contributed by atoms with Crippen LogP contribution in [0, 0.1) is 0 Å². The summed E-state index contributed by atoms with van der Waals surface area (Å²) in [4.78, 5) is 17.0. The van der Waals surface area contributed by atoms with Gasteiger partial charge in [-0.15, -0.1) is 5.10 Å². The number of hydrogen-bond acceptors (Lipinski definition) is 8. The van der Waals surface area contributed by atoms with Gasteiger partial charge in [0.05, 0.1) is 12.8 Å². The van der Waals surface area contributed by atoms with Gasteiger partial charge in [0.1, 0.15) is 6.04 Å². The van der Waals surface area contributed by atoms with Crippen molar-refractivity contribution in [3.8, 4) is 22.9 Å². The van der Waals surface area contributed by atoms with Crippen molar-refractivity contribution < 1.29 is 19.0 Å². The van der Waals surface area contributed by atoms with Crippen molar-refractivity contribution in [1.82, 2.24) is 30.0 Å². The highest BCUT2D eigenvalue weighted by atomic mass is 16.7. The van der Waals surface area contributed by atoms with Crippen LogP contribution in [0.4, 0.5) is 0 Å². The molecule has 0 bridgehead atoms. The minimum Gasteiger partial charge on any atom is -0.492 e. The van der Waals surface area contributed by atoms with Crippen LogP contribution < -0.4 is 14.2 Å². The van der Waals surface area contributed by atoms with E-state index < -0.39 is 0 Å². The van der Waals surface area contributed by atoms with Gasteiger partial charge >= 0.3 is 0 Å². The molecule has 35 heavy (non-hydrogen) atoms. The molecule has 0 aliphatic carbocycles. The van der Waals surface area contributed by atoms with Crippen LogP contribution in [-0.4, -0.2) is 76.5 Å². The molecule has 1 amide bonds. The molecule has 182 valence electrons. The Bertz CT molecular complexity index is 1250. The molecule has 0 radical (unpaired) electrons. The lowest BCUT2D eigenvalue weighted by Crippen LogP contribution is -2.35. The molecule has 1 saturated heterocycles.